The van der Waals surface area contributed by atoms with Gasteiger partial charge in [0.2, 0.25) is 10.0 Å². The number of carbonyl (C=O) groups is 1. The molecule has 0 aliphatic heterocycles. The largest absolute Gasteiger partial charge is 0.465 e. The van der Waals surface area contributed by atoms with Crippen molar-refractivity contribution in [1.29, 1.82) is 0 Å². The molecule has 0 aliphatic rings. The van der Waals surface area contributed by atoms with Crippen LogP contribution in [0.5, 0.6) is 0 Å². The van der Waals surface area contributed by atoms with Gasteiger partial charge in [0, 0.05) is 6.54 Å². The fourth-order valence-corrected chi connectivity index (χ4v) is 1.80. The minimum atomic E-state index is -3.43. The van der Waals surface area contributed by atoms with Crippen LogP contribution in [0.25, 0.3) is 0 Å². The molecule has 1 N–H and O–H groups in total. The first-order valence-electron chi connectivity index (χ1n) is 4.69. The van der Waals surface area contributed by atoms with Gasteiger partial charge in [0.05, 0.1) is 12.7 Å². The van der Waals surface area contributed by atoms with Crippen LogP contribution in [0.1, 0.15) is 15.9 Å². The Labute approximate surface area is 105 Å². The van der Waals surface area contributed by atoms with Crippen molar-refractivity contribution in [3.8, 4) is 0 Å². The Kier molecular flexibility index (Phi) is 4.92. The SMILES string of the molecule is COC(=O)c1ccc(CNS(=O)(=O)CCl)cc1. The number of alkyl halides is 1. The van der Waals surface area contributed by atoms with E-state index in [2.05, 4.69) is 9.46 Å². The summed E-state index contributed by atoms with van der Waals surface area (Å²) in [6.45, 7) is 0.135. The van der Waals surface area contributed by atoms with Gasteiger partial charge in [-0.05, 0) is 17.7 Å². The maximum absolute atomic E-state index is 11.1. The zero-order valence-corrected chi connectivity index (χ0v) is 10.7. The molecule has 0 fully saturated rings. The number of carbonyl (C=O) groups excluding carboxylic acids is 1. The van der Waals surface area contributed by atoms with Gasteiger partial charge in [-0.1, -0.05) is 12.1 Å². The van der Waals surface area contributed by atoms with Crippen molar-refractivity contribution < 1.29 is 17.9 Å². The third-order valence-electron chi connectivity index (χ3n) is 2.01. The zero-order chi connectivity index (χ0) is 12.9. The average Bonchev–Trinajstić information content (AvgIpc) is 2.36. The first kappa shape index (κ1) is 14.0. The van der Waals surface area contributed by atoms with Crippen LogP contribution in [-0.4, -0.2) is 26.7 Å². The molecule has 0 radical (unpaired) electrons. The molecule has 5 nitrogen and oxygen atoms in total. The minimum absolute atomic E-state index is 0.135. The topological polar surface area (TPSA) is 72.5 Å². The predicted molar refractivity (Wildman–Crippen MR) is 64.3 cm³/mol. The number of sulfonamides is 1. The lowest BCUT2D eigenvalue weighted by atomic mass is 10.1. The zero-order valence-electron chi connectivity index (χ0n) is 9.14. The van der Waals surface area contributed by atoms with E-state index in [1.165, 1.54) is 7.11 Å². The van der Waals surface area contributed by atoms with Crippen molar-refractivity contribution in [2.75, 3.05) is 12.3 Å². The quantitative estimate of drug-likeness (QED) is 0.646. The van der Waals surface area contributed by atoms with Gasteiger partial charge in [-0.3, -0.25) is 0 Å². The Balaban J connectivity index is 2.66. The lowest BCUT2D eigenvalue weighted by Gasteiger charge is -2.04. The third-order valence-corrected chi connectivity index (χ3v) is 3.75. The monoisotopic (exact) mass is 277 g/mol. The summed E-state index contributed by atoms with van der Waals surface area (Å²) in [6, 6.07) is 6.42. The van der Waals surface area contributed by atoms with E-state index in [1.54, 1.807) is 24.3 Å². The van der Waals surface area contributed by atoms with E-state index in [1.807, 2.05) is 0 Å². The van der Waals surface area contributed by atoms with Crippen LogP contribution in [0.2, 0.25) is 0 Å². The number of benzene rings is 1. The Morgan fingerprint density at radius 2 is 1.94 bits per heavy atom. The Hall–Kier alpha value is -1.11. The van der Waals surface area contributed by atoms with E-state index in [4.69, 9.17) is 11.6 Å². The summed E-state index contributed by atoms with van der Waals surface area (Å²) in [5, 5.41) is -0.479. The van der Waals surface area contributed by atoms with E-state index >= 15 is 0 Å². The second-order valence-electron chi connectivity index (χ2n) is 3.23. The molecular weight excluding hydrogens is 266 g/mol. The van der Waals surface area contributed by atoms with Gasteiger partial charge < -0.3 is 4.74 Å². The number of hydrogen-bond donors (Lipinski definition) is 1. The lowest BCUT2D eigenvalue weighted by Crippen LogP contribution is -2.23. The van der Waals surface area contributed by atoms with Crippen LogP contribution in [-0.2, 0) is 21.3 Å². The van der Waals surface area contributed by atoms with Crippen LogP contribution in [0.15, 0.2) is 24.3 Å². The molecule has 0 aliphatic carbocycles. The Morgan fingerprint density at radius 1 is 1.35 bits per heavy atom. The number of halogens is 1. The predicted octanol–water partition coefficient (Wildman–Crippen LogP) is 1.09. The molecule has 0 aromatic heterocycles. The maximum Gasteiger partial charge on any atom is 0.337 e. The molecule has 0 atom stereocenters. The summed E-state index contributed by atoms with van der Waals surface area (Å²) in [6.07, 6.45) is 0. The fourth-order valence-electron chi connectivity index (χ4n) is 1.11. The van der Waals surface area contributed by atoms with Crippen molar-refractivity contribution in [3.63, 3.8) is 0 Å². The van der Waals surface area contributed by atoms with Crippen LogP contribution >= 0.6 is 11.6 Å². The summed E-state index contributed by atoms with van der Waals surface area (Å²) < 4.78 is 29.0. The van der Waals surface area contributed by atoms with Crippen molar-refractivity contribution in [2.45, 2.75) is 6.54 Å². The average molecular weight is 278 g/mol. The number of methoxy groups -OCH3 is 1. The number of nitrogens with one attached hydrogen (secondary N) is 1. The highest BCUT2D eigenvalue weighted by atomic mass is 35.5. The number of ether oxygens (including phenoxy) is 1. The highest BCUT2D eigenvalue weighted by Gasteiger charge is 2.08. The standard InChI is InChI=1S/C10H12ClNO4S/c1-16-10(13)9-4-2-8(3-5-9)6-12-17(14,15)7-11/h2-5,12H,6-7H2,1H3. The third kappa shape index (κ3) is 4.33. The molecule has 1 rings (SSSR count). The highest BCUT2D eigenvalue weighted by Crippen LogP contribution is 2.06. The van der Waals surface area contributed by atoms with Crippen LogP contribution in [0.4, 0.5) is 0 Å². The van der Waals surface area contributed by atoms with Crippen molar-refractivity contribution >= 4 is 27.6 Å². The molecule has 7 heteroatoms. The Bertz CT molecular complexity index is 484. The molecule has 1 aromatic carbocycles. The molecule has 0 spiro atoms. The molecule has 0 saturated carbocycles. The van der Waals surface area contributed by atoms with Crippen molar-refractivity contribution in [1.82, 2.24) is 4.72 Å². The first-order valence-corrected chi connectivity index (χ1v) is 6.88. The normalized spacial score (nSPS) is 11.2. The van der Waals surface area contributed by atoms with Crippen LogP contribution in [0, 0.1) is 0 Å². The van der Waals surface area contributed by atoms with Gasteiger partial charge in [0.1, 0.15) is 5.21 Å². The molecule has 94 valence electrons. The van der Waals surface area contributed by atoms with E-state index in [9.17, 15) is 13.2 Å². The molecule has 0 saturated heterocycles. The summed E-state index contributed by atoms with van der Waals surface area (Å²) >= 11 is 5.23. The maximum atomic E-state index is 11.1. The van der Waals surface area contributed by atoms with E-state index < -0.39 is 21.2 Å². The summed E-state index contributed by atoms with van der Waals surface area (Å²) in [5.74, 6) is -0.433. The number of rotatable bonds is 5. The van der Waals surface area contributed by atoms with E-state index in [0.29, 0.717) is 5.56 Å². The second-order valence-corrected chi connectivity index (χ2v) is 5.62. The van der Waals surface area contributed by atoms with Crippen molar-refractivity contribution in [3.05, 3.63) is 35.4 Å². The highest BCUT2D eigenvalue weighted by molar-refractivity contribution is 7.90. The van der Waals surface area contributed by atoms with Gasteiger partial charge >= 0.3 is 5.97 Å². The van der Waals surface area contributed by atoms with Gasteiger partial charge in [0.15, 0.2) is 0 Å². The molecule has 0 unspecified atom stereocenters. The summed E-state index contributed by atoms with van der Waals surface area (Å²) in [4.78, 5) is 11.1. The van der Waals surface area contributed by atoms with Crippen molar-refractivity contribution in [2.24, 2.45) is 0 Å². The molecule has 17 heavy (non-hydrogen) atoms. The summed E-state index contributed by atoms with van der Waals surface area (Å²) in [5.41, 5.74) is 1.14. The molecule has 0 bridgehead atoms. The minimum Gasteiger partial charge on any atom is -0.465 e. The van der Waals surface area contributed by atoms with E-state index in [-0.39, 0.29) is 6.54 Å². The smallest absolute Gasteiger partial charge is 0.337 e. The summed E-state index contributed by atoms with van der Waals surface area (Å²) in [7, 11) is -2.13. The lowest BCUT2D eigenvalue weighted by molar-refractivity contribution is 0.0600. The van der Waals surface area contributed by atoms with Crippen LogP contribution in [0.3, 0.4) is 0 Å². The molecule has 1 aromatic rings. The first-order chi connectivity index (χ1) is 7.98. The fraction of sp³-hybridized carbons (Fsp3) is 0.300. The second kappa shape index (κ2) is 6.00. The van der Waals surface area contributed by atoms with Gasteiger partial charge in [-0.2, -0.15) is 0 Å². The molecule has 0 amide bonds. The van der Waals surface area contributed by atoms with Gasteiger partial charge in [0.25, 0.3) is 0 Å². The molecular formula is C10H12ClNO4S. The van der Waals surface area contributed by atoms with Gasteiger partial charge in [-0.25, -0.2) is 17.9 Å². The number of hydrogen-bond acceptors (Lipinski definition) is 4. The number of esters is 1. The Morgan fingerprint density at radius 3 is 2.41 bits per heavy atom. The van der Waals surface area contributed by atoms with E-state index in [0.717, 1.165) is 5.56 Å². The van der Waals surface area contributed by atoms with Crippen LogP contribution < -0.4 is 4.72 Å². The molecule has 0 heterocycles. The van der Waals surface area contributed by atoms with Gasteiger partial charge in [-0.15, -0.1) is 11.6 Å².